The van der Waals surface area contributed by atoms with E-state index in [9.17, 15) is 14.2 Å². The topological polar surface area (TPSA) is 135 Å². The van der Waals surface area contributed by atoms with E-state index < -0.39 is 32.6 Å². The van der Waals surface area contributed by atoms with E-state index in [2.05, 4.69) is 15.9 Å². The molecule has 0 aliphatic heterocycles. The Morgan fingerprint density at radius 3 is 1.81 bits per heavy atom. The molecule has 1 atom stereocenters. The standard InChI is InChI=1S/C6H15BrO7P2/c1-6(8,4-7)3-2-5(15(9,10)11)16(12,13)14/h5,8H,2-4H2,1H3,(H2,9,10,11)(H2,12,13,14). The summed E-state index contributed by atoms with van der Waals surface area (Å²) in [7, 11) is -9.77. The van der Waals surface area contributed by atoms with Crippen molar-refractivity contribution in [3.63, 3.8) is 0 Å². The Balaban J connectivity index is 4.74. The molecule has 98 valence electrons. The third-order valence-corrected chi connectivity index (χ3v) is 7.09. The van der Waals surface area contributed by atoms with Crippen LogP contribution in [-0.2, 0) is 9.13 Å². The zero-order valence-corrected chi connectivity index (χ0v) is 11.9. The summed E-state index contributed by atoms with van der Waals surface area (Å²) in [5.74, 6) is 0. The van der Waals surface area contributed by atoms with Gasteiger partial charge in [0.05, 0.1) is 5.60 Å². The molecule has 0 aromatic heterocycles. The van der Waals surface area contributed by atoms with Crippen molar-refractivity contribution in [3.05, 3.63) is 0 Å². The maximum absolute atomic E-state index is 10.9. The highest BCUT2D eigenvalue weighted by atomic mass is 79.9. The zero-order valence-electron chi connectivity index (χ0n) is 8.52. The van der Waals surface area contributed by atoms with Crippen LogP contribution in [0.3, 0.4) is 0 Å². The molecule has 0 aromatic rings. The lowest BCUT2D eigenvalue weighted by atomic mass is 10.0. The Morgan fingerprint density at radius 2 is 1.56 bits per heavy atom. The molecule has 0 fully saturated rings. The molecule has 10 heteroatoms. The molecule has 0 bridgehead atoms. The summed E-state index contributed by atoms with van der Waals surface area (Å²) >= 11 is 2.98. The van der Waals surface area contributed by atoms with Crippen molar-refractivity contribution in [2.24, 2.45) is 0 Å². The summed E-state index contributed by atoms with van der Waals surface area (Å²) in [5, 5.41) is 7.65. The minimum Gasteiger partial charge on any atom is -0.389 e. The molecule has 1 unspecified atom stereocenters. The second-order valence-corrected chi connectivity index (χ2v) is 8.40. The minimum absolute atomic E-state index is 0.126. The number of aliphatic hydroxyl groups is 1. The quantitative estimate of drug-likeness (QED) is 0.352. The number of halogens is 1. The average Bonchev–Trinajstić information content (AvgIpc) is 1.99. The van der Waals surface area contributed by atoms with Gasteiger partial charge in [0.15, 0.2) is 5.40 Å². The van der Waals surface area contributed by atoms with Crippen LogP contribution in [0.2, 0.25) is 0 Å². The highest BCUT2D eigenvalue weighted by Crippen LogP contribution is 2.61. The third-order valence-electron chi connectivity index (χ3n) is 2.01. The fourth-order valence-electron chi connectivity index (χ4n) is 1.04. The number of rotatable bonds is 6. The van der Waals surface area contributed by atoms with Crippen LogP contribution in [0.1, 0.15) is 19.8 Å². The summed E-state index contributed by atoms with van der Waals surface area (Å²) in [4.78, 5) is 35.2. The average molecular weight is 341 g/mol. The number of hydrogen-bond acceptors (Lipinski definition) is 3. The van der Waals surface area contributed by atoms with Gasteiger partial charge in [-0.05, 0) is 19.8 Å². The maximum Gasteiger partial charge on any atom is 0.340 e. The molecule has 0 saturated heterocycles. The molecule has 0 radical (unpaired) electrons. The van der Waals surface area contributed by atoms with Crippen molar-refractivity contribution in [1.29, 1.82) is 0 Å². The van der Waals surface area contributed by atoms with Gasteiger partial charge in [0.1, 0.15) is 0 Å². The molecule has 0 aliphatic rings. The van der Waals surface area contributed by atoms with Crippen LogP contribution in [-0.4, -0.2) is 41.0 Å². The summed E-state index contributed by atoms with van der Waals surface area (Å²) < 4.78 is 21.8. The summed E-state index contributed by atoms with van der Waals surface area (Å²) in [6.45, 7) is 1.40. The van der Waals surface area contributed by atoms with Crippen molar-refractivity contribution in [2.45, 2.75) is 30.8 Å². The van der Waals surface area contributed by atoms with Crippen LogP contribution < -0.4 is 0 Å². The Hall–Kier alpha value is 0.740. The zero-order chi connectivity index (χ0) is 13.2. The van der Waals surface area contributed by atoms with Gasteiger partial charge in [-0.25, -0.2) is 0 Å². The first-order valence-electron chi connectivity index (χ1n) is 4.29. The van der Waals surface area contributed by atoms with Gasteiger partial charge in [0.2, 0.25) is 0 Å². The van der Waals surface area contributed by atoms with E-state index in [0.29, 0.717) is 0 Å². The second kappa shape index (κ2) is 5.59. The second-order valence-electron chi connectivity index (χ2n) is 3.83. The normalized spacial score (nSPS) is 17.5. The molecule has 0 aliphatic carbocycles. The van der Waals surface area contributed by atoms with Crippen LogP contribution in [0.4, 0.5) is 0 Å². The minimum atomic E-state index is -4.88. The summed E-state index contributed by atoms with van der Waals surface area (Å²) in [6.07, 6.45) is -0.577. The van der Waals surface area contributed by atoms with Gasteiger partial charge >= 0.3 is 15.2 Å². The van der Waals surface area contributed by atoms with Crippen molar-refractivity contribution < 1.29 is 33.8 Å². The lowest BCUT2D eigenvalue weighted by Crippen LogP contribution is -2.27. The van der Waals surface area contributed by atoms with Crippen LogP contribution in [0.25, 0.3) is 0 Å². The van der Waals surface area contributed by atoms with Gasteiger partial charge in [0.25, 0.3) is 0 Å². The first-order chi connectivity index (χ1) is 6.90. The highest BCUT2D eigenvalue weighted by Gasteiger charge is 2.43. The van der Waals surface area contributed by atoms with Gasteiger partial charge in [-0.2, -0.15) is 0 Å². The molecule has 0 amide bonds. The van der Waals surface area contributed by atoms with E-state index >= 15 is 0 Å². The molecule has 16 heavy (non-hydrogen) atoms. The van der Waals surface area contributed by atoms with Gasteiger partial charge in [-0.3, -0.25) is 9.13 Å². The van der Waals surface area contributed by atoms with Crippen molar-refractivity contribution in [1.82, 2.24) is 0 Å². The van der Waals surface area contributed by atoms with Crippen molar-refractivity contribution in [2.75, 3.05) is 5.33 Å². The molecule has 0 heterocycles. The molecule has 0 aromatic carbocycles. The SMILES string of the molecule is CC(O)(CBr)CCC(P(=O)(O)O)P(=O)(O)O. The van der Waals surface area contributed by atoms with Crippen LogP contribution in [0.15, 0.2) is 0 Å². The Bertz CT molecular complexity index is 297. The van der Waals surface area contributed by atoms with Gasteiger partial charge in [-0.1, -0.05) is 15.9 Å². The number of alkyl halides is 1. The lowest BCUT2D eigenvalue weighted by molar-refractivity contribution is 0.0753. The molecule has 0 spiro atoms. The van der Waals surface area contributed by atoms with Crippen LogP contribution in [0, 0.1) is 0 Å². The predicted molar refractivity (Wildman–Crippen MR) is 61.5 cm³/mol. The third kappa shape index (κ3) is 5.89. The monoisotopic (exact) mass is 340 g/mol. The fourth-order valence-corrected chi connectivity index (χ4v) is 3.82. The fraction of sp³-hybridized carbons (Fsp3) is 1.00. The van der Waals surface area contributed by atoms with E-state index in [1.54, 1.807) is 0 Å². The van der Waals surface area contributed by atoms with E-state index in [0.717, 1.165) is 0 Å². The van der Waals surface area contributed by atoms with E-state index in [4.69, 9.17) is 19.6 Å². The predicted octanol–water partition coefficient (Wildman–Crippen LogP) is 0.594. The van der Waals surface area contributed by atoms with Crippen LogP contribution in [0.5, 0.6) is 0 Å². The Morgan fingerprint density at radius 1 is 1.19 bits per heavy atom. The highest BCUT2D eigenvalue weighted by molar-refractivity contribution is 9.09. The van der Waals surface area contributed by atoms with E-state index in [-0.39, 0.29) is 11.8 Å². The molecular formula is C6H15BrO7P2. The van der Waals surface area contributed by atoms with E-state index in [1.807, 2.05) is 0 Å². The summed E-state index contributed by atoms with van der Waals surface area (Å²) in [5.41, 5.74) is -1.26. The Labute approximate surface area is 101 Å². The maximum atomic E-state index is 10.9. The summed E-state index contributed by atoms with van der Waals surface area (Å²) in [6, 6.07) is 0. The number of hydrogen-bond donors (Lipinski definition) is 5. The smallest absolute Gasteiger partial charge is 0.340 e. The molecular weight excluding hydrogens is 326 g/mol. The van der Waals surface area contributed by atoms with E-state index in [1.165, 1.54) is 6.92 Å². The molecule has 5 N–H and O–H groups in total. The van der Waals surface area contributed by atoms with Gasteiger partial charge in [0, 0.05) is 5.33 Å². The first-order valence-corrected chi connectivity index (χ1v) is 8.77. The van der Waals surface area contributed by atoms with Gasteiger partial charge in [-0.15, -0.1) is 0 Å². The van der Waals surface area contributed by atoms with Gasteiger partial charge < -0.3 is 24.7 Å². The van der Waals surface area contributed by atoms with Crippen LogP contribution >= 0.6 is 31.1 Å². The van der Waals surface area contributed by atoms with Crippen molar-refractivity contribution in [3.8, 4) is 0 Å². The van der Waals surface area contributed by atoms with Crippen molar-refractivity contribution >= 4 is 31.1 Å². The molecule has 0 rings (SSSR count). The molecule has 0 saturated carbocycles. The largest absolute Gasteiger partial charge is 0.389 e. The molecule has 7 nitrogen and oxygen atoms in total. The first kappa shape index (κ1) is 16.7. The Kier molecular flexibility index (Phi) is 5.85. The lowest BCUT2D eigenvalue weighted by Gasteiger charge is -2.24.